The Morgan fingerprint density at radius 2 is 1.55 bits per heavy atom. The van der Waals surface area contributed by atoms with Gasteiger partial charge in [-0.15, -0.1) is 0 Å². The first-order valence-electron chi connectivity index (χ1n) is 9.61. The van der Waals surface area contributed by atoms with Gasteiger partial charge in [-0.2, -0.15) is 4.31 Å². The first-order chi connectivity index (χ1) is 14.0. The number of hydrogen-bond acceptors (Lipinski definition) is 5. The van der Waals surface area contributed by atoms with Crippen molar-refractivity contribution >= 4 is 15.9 Å². The van der Waals surface area contributed by atoms with E-state index in [4.69, 9.17) is 9.47 Å². The Morgan fingerprint density at radius 1 is 0.966 bits per heavy atom. The van der Waals surface area contributed by atoms with Crippen molar-refractivity contribution in [3.63, 3.8) is 0 Å². The normalized spacial score (nSPS) is 16.3. The van der Waals surface area contributed by atoms with E-state index in [0.717, 1.165) is 0 Å². The lowest BCUT2D eigenvalue weighted by Gasteiger charge is -2.35. The minimum atomic E-state index is -3.55. The summed E-state index contributed by atoms with van der Waals surface area (Å²) in [6.45, 7) is 3.06. The van der Waals surface area contributed by atoms with Crippen molar-refractivity contribution in [3.8, 4) is 11.5 Å². The van der Waals surface area contributed by atoms with E-state index in [-0.39, 0.29) is 23.9 Å². The molecule has 1 saturated heterocycles. The Morgan fingerprint density at radius 3 is 2.14 bits per heavy atom. The fourth-order valence-electron chi connectivity index (χ4n) is 3.27. The van der Waals surface area contributed by atoms with E-state index in [1.807, 2.05) is 19.1 Å². The fourth-order valence-corrected chi connectivity index (χ4v) is 4.72. The predicted octanol–water partition coefficient (Wildman–Crippen LogP) is 2.39. The second-order valence-corrected chi connectivity index (χ2v) is 8.65. The first-order valence-corrected chi connectivity index (χ1v) is 11.0. The predicted molar refractivity (Wildman–Crippen MR) is 109 cm³/mol. The molecule has 2 aromatic rings. The van der Waals surface area contributed by atoms with Crippen LogP contribution in [-0.2, 0) is 14.8 Å². The first kappa shape index (κ1) is 21.1. The number of para-hydroxylation sites is 2. The van der Waals surface area contributed by atoms with Crippen molar-refractivity contribution in [2.45, 2.75) is 24.3 Å². The highest BCUT2D eigenvalue weighted by atomic mass is 32.2. The number of ether oxygens (including phenoxy) is 2. The summed E-state index contributed by atoms with van der Waals surface area (Å²) in [7, 11) is -1.99. The fraction of sp³-hybridized carbons (Fsp3) is 0.381. The number of methoxy groups -OCH3 is 1. The topological polar surface area (TPSA) is 76.2 Å². The smallest absolute Gasteiger partial charge is 0.263 e. The second kappa shape index (κ2) is 9.28. The lowest BCUT2D eigenvalue weighted by Crippen LogP contribution is -2.53. The highest BCUT2D eigenvalue weighted by Crippen LogP contribution is 2.28. The molecule has 0 radical (unpaired) electrons. The van der Waals surface area contributed by atoms with Gasteiger partial charge in [0.2, 0.25) is 10.0 Å². The van der Waals surface area contributed by atoms with Crippen molar-refractivity contribution in [1.82, 2.24) is 9.21 Å². The molecule has 1 heterocycles. The molecule has 1 amide bonds. The largest absolute Gasteiger partial charge is 0.493 e. The molecule has 0 bridgehead atoms. The van der Waals surface area contributed by atoms with Crippen LogP contribution in [0.15, 0.2) is 59.5 Å². The number of hydrogen-bond donors (Lipinski definition) is 0. The summed E-state index contributed by atoms with van der Waals surface area (Å²) in [4.78, 5) is 14.9. The average Bonchev–Trinajstić information content (AvgIpc) is 2.78. The van der Waals surface area contributed by atoms with Crippen LogP contribution in [0.4, 0.5) is 0 Å². The number of carbonyl (C=O) groups is 1. The Kier molecular flexibility index (Phi) is 6.76. The van der Waals surface area contributed by atoms with Crippen LogP contribution in [0.3, 0.4) is 0 Å². The number of benzene rings is 2. The molecule has 1 fully saturated rings. The maximum absolute atomic E-state index is 13.0. The SMILES string of the molecule is CC[C@@H](Oc1ccccc1OC)C(=O)N1CCN(S(=O)(=O)c2ccccc2)CC1. The third kappa shape index (κ3) is 4.71. The lowest BCUT2D eigenvalue weighted by molar-refractivity contribution is -0.140. The monoisotopic (exact) mass is 418 g/mol. The van der Waals surface area contributed by atoms with E-state index in [1.165, 1.54) is 4.31 Å². The Bertz CT molecular complexity index is 925. The molecule has 2 aromatic carbocycles. The quantitative estimate of drug-likeness (QED) is 0.690. The lowest BCUT2D eigenvalue weighted by atomic mass is 10.2. The summed E-state index contributed by atoms with van der Waals surface area (Å²) in [5.41, 5.74) is 0. The maximum Gasteiger partial charge on any atom is 0.263 e. The van der Waals surface area contributed by atoms with Gasteiger partial charge in [0.1, 0.15) is 0 Å². The van der Waals surface area contributed by atoms with Crippen molar-refractivity contribution < 1.29 is 22.7 Å². The van der Waals surface area contributed by atoms with Gasteiger partial charge >= 0.3 is 0 Å². The van der Waals surface area contributed by atoms with Crippen LogP contribution in [0.25, 0.3) is 0 Å². The van der Waals surface area contributed by atoms with Crippen LogP contribution < -0.4 is 9.47 Å². The summed E-state index contributed by atoms with van der Waals surface area (Å²) in [5.74, 6) is 0.938. The van der Waals surface area contributed by atoms with Crippen LogP contribution in [0.5, 0.6) is 11.5 Å². The van der Waals surface area contributed by atoms with E-state index in [1.54, 1.807) is 54.5 Å². The maximum atomic E-state index is 13.0. The number of carbonyl (C=O) groups excluding carboxylic acids is 1. The van der Waals surface area contributed by atoms with Gasteiger partial charge in [0.05, 0.1) is 12.0 Å². The number of piperazine rings is 1. The minimum absolute atomic E-state index is 0.143. The molecule has 156 valence electrons. The number of sulfonamides is 1. The van der Waals surface area contributed by atoms with Gasteiger partial charge < -0.3 is 14.4 Å². The summed E-state index contributed by atoms with van der Waals surface area (Å²) in [6.07, 6.45) is -0.150. The van der Waals surface area contributed by atoms with Gasteiger partial charge in [-0.3, -0.25) is 4.79 Å². The van der Waals surface area contributed by atoms with Gasteiger partial charge in [-0.05, 0) is 30.7 Å². The molecule has 29 heavy (non-hydrogen) atoms. The molecule has 1 aliphatic heterocycles. The zero-order valence-electron chi connectivity index (χ0n) is 16.7. The summed E-state index contributed by atoms with van der Waals surface area (Å²) in [6, 6.07) is 15.5. The highest BCUT2D eigenvalue weighted by molar-refractivity contribution is 7.89. The molecule has 1 atom stereocenters. The molecule has 7 nitrogen and oxygen atoms in total. The van der Waals surface area contributed by atoms with Gasteiger partial charge in [0.15, 0.2) is 17.6 Å². The zero-order valence-corrected chi connectivity index (χ0v) is 17.5. The van der Waals surface area contributed by atoms with Crippen molar-refractivity contribution in [2.24, 2.45) is 0 Å². The van der Waals surface area contributed by atoms with E-state index in [0.29, 0.717) is 31.0 Å². The number of rotatable bonds is 7. The standard InChI is InChI=1S/C21H26N2O5S/c1-3-18(28-20-12-8-7-11-19(20)27-2)21(24)22-13-15-23(16-14-22)29(25,26)17-9-5-4-6-10-17/h4-12,18H,3,13-16H2,1-2H3/t18-/m1/s1. The molecule has 0 N–H and O–H groups in total. The summed E-state index contributed by atoms with van der Waals surface area (Å²) < 4.78 is 38.1. The van der Waals surface area contributed by atoms with E-state index in [2.05, 4.69) is 0 Å². The van der Waals surface area contributed by atoms with Gasteiger partial charge in [-0.1, -0.05) is 37.3 Å². The van der Waals surface area contributed by atoms with Crippen molar-refractivity contribution in [3.05, 3.63) is 54.6 Å². The molecule has 1 aliphatic rings. The molecule has 3 rings (SSSR count). The third-order valence-corrected chi connectivity index (χ3v) is 6.83. The molecular formula is C21H26N2O5S. The van der Waals surface area contributed by atoms with E-state index >= 15 is 0 Å². The van der Waals surface area contributed by atoms with Crippen LogP contribution in [-0.4, -0.2) is 62.9 Å². The van der Waals surface area contributed by atoms with Gasteiger partial charge in [0, 0.05) is 26.2 Å². The number of amides is 1. The Labute approximate surface area is 171 Å². The van der Waals surface area contributed by atoms with E-state index < -0.39 is 16.1 Å². The highest BCUT2D eigenvalue weighted by Gasteiger charge is 2.33. The Hall–Kier alpha value is -2.58. The minimum Gasteiger partial charge on any atom is -0.493 e. The Balaban J connectivity index is 1.64. The third-order valence-electron chi connectivity index (χ3n) is 4.92. The van der Waals surface area contributed by atoms with Gasteiger partial charge in [0.25, 0.3) is 5.91 Å². The second-order valence-electron chi connectivity index (χ2n) is 6.71. The zero-order chi connectivity index (χ0) is 20.9. The molecule has 0 aliphatic carbocycles. The van der Waals surface area contributed by atoms with Crippen molar-refractivity contribution in [2.75, 3.05) is 33.3 Å². The molecule has 0 aromatic heterocycles. The van der Waals surface area contributed by atoms with Crippen LogP contribution >= 0.6 is 0 Å². The van der Waals surface area contributed by atoms with Crippen LogP contribution in [0.1, 0.15) is 13.3 Å². The van der Waals surface area contributed by atoms with Crippen molar-refractivity contribution in [1.29, 1.82) is 0 Å². The molecular weight excluding hydrogens is 392 g/mol. The van der Waals surface area contributed by atoms with Crippen LogP contribution in [0, 0.1) is 0 Å². The molecule has 0 saturated carbocycles. The molecule has 0 spiro atoms. The average molecular weight is 419 g/mol. The van der Waals surface area contributed by atoms with Gasteiger partial charge in [-0.25, -0.2) is 8.42 Å². The summed E-state index contributed by atoms with van der Waals surface area (Å²) >= 11 is 0. The summed E-state index contributed by atoms with van der Waals surface area (Å²) in [5, 5.41) is 0. The molecule has 8 heteroatoms. The van der Waals surface area contributed by atoms with Crippen LogP contribution in [0.2, 0.25) is 0 Å². The number of nitrogens with zero attached hydrogens (tertiary/aromatic N) is 2. The van der Waals surface area contributed by atoms with E-state index in [9.17, 15) is 13.2 Å². The molecule has 0 unspecified atom stereocenters.